The summed E-state index contributed by atoms with van der Waals surface area (Å²) in [5.74, 6) is -0.0953. The van der Waals surface area contributed by atoms with Gasteiger partial charge in [0.05, 0.1) is 32.6 Å². The molecule has 1 aromatic heterocycles. The van der Waals surface area contributed by atoms with Crippen molar-refractivity contribution < 1.29 is 18.7 Å². The number of nitrogens with zero attached hydrogens (tertiary/aromatic N) is 4. The molecule has 0 N–H and O–H groups in total. The minimum absolute atomic E-state index is 0.0403. The SMILES string of the molecule is COc1cc(-c2nn(-c3ccc(CCN4CCOCC4C)cc3)c(=O)n2CC(=O)CC(C)C)ccc1F. The maximum absolute atomic E-state index is 14.0. The predicted octanol–water partition coefficient (Wildman–Crippen LogP) is 3.73. The molecule has 1 aliphatic heterocycles. The van der Waals surface area contributed by atoms with E-state index < -0.39 is 11.5 Å². The number of aromatic nitrogens is 3. The van der Waals surface area contributed by atoms with Crippen molar-refractivity contribution in [2.75, 3.05) is 33.4 Å². The zero-order chi connectivity index (χ0) is 26.5. The quantitative estimate of drug-likeness (QED) is 0.414. The lowest BCUT2D eigenvalue weighted by Gasteiger charge is -2.33. The van der Waals surface area contributed by atoms with Crippen LogP contribution >= 0.6 is 0 Å². The summed E-state index contributed by atoms with van der Waals surface area (Å²) in [6.07, 6.45) is 1.23. The van der Waals surface area contributed by atoms with E-state index in [1.807, 2.05) is 38.1 Å². The highest BCUT2D eigenvalue weighted by Crippen LogP contribution is 2.25. The Balaban J connectivity index is 1.63. The van der Waals surface area contributed by atoms with Gasteiger partial charge in [-0.05, 0) is 55.2 Å². The standard InChI is InChI=1S/C28H35FN4O4/c1-19(2)15-24(34)17-32-27(22-7-10-25(29)26(16-22)36-4)30-33(28(32)35)23-8-5-21(6-9-23)11-12-31-13-14-37-18-20(31)3/h5-10,16,19-20H,11-15,17-18H2,1-4H3. The second kappa shape index (κ2) is 11.8. The number of carbonyl (C=O) groups excluding carboxylic acids is 1. The summed E-state index contributed by atoms with van der Waals surface area (Å²) in [5.41, 5.74) is 1.82. The van der Waals surface area contributed by atoms with Crippen molar-refractivity contribution in [3.8, 4) is 22.8 Å². The van der Waals surface area contributed by atoms with Crippen molar-refractivity contribution in [1.29, 1.82) is 0 Å². The third-order valence-electron chi connectivity index (χ3n) is 6.62. The first kappa shape index (κ1) is 26.8. The fraction of sp³-hybridized carbons (Fsp3) is 0.464. The number of ether oxygens (including phenoxy) is 2. The average molecular weight is 511 g/mol. The molecule has 1 unspecified atom stereocenters. The van der Waals surface area contributed by atoms with Gasteiger partial charge in [-0.25, -0.2) is 9.18 Å². The van der Waals surface area contributed by atoms with Gasteiger partial charge in [-0.2, -0.15) is 4.68 Å². The molecule has 0 aliphatic carbocycles. The van der Waals surface area contributed by atoms with Crippen LogP contribution in [0.25, 0.3) is 17.1 Å². The minimum atomic E-state index is -0.516. The van der Waals surface area contributed by atoms with Crippen molar-refractivity contribution >= 4 is 5.78 Å². The lowest BCUT2D eigenvalue weighted by atomic mass is 10.1. The number of carbonyl (C=O) groups is 1. The van der Waals surface area contributed by atoms with Crippen LogP contribution in [0, 0.1) is 11.7 Å². The molecule has 3 aromatic rings. The highest BCUT2D eigenvalue weighted by Gasteiger charge is 2.21. The molecule has 0 saturated carbocycles. The van der Waals surface area contributed by atoms with Gasteiger partial charge in [-0.1, -0.05) is 26.0 Å². The van der Waals surface area contributed by atoms with Gasteiger partial charge in [-0.3, -0.25) is 14.3 Å². The summed E-state index contributed by atoms with van der Waals surface area (Å²) in [6.45, 7) is 9.36. The normalized spacial score (nSPS) is 16.3. The molecular formula is C28H35FN4O4. The predicted molar refractivity (Wildman–Crippen MR) is 140 cm³/mol. The maximum atomic E-state index is 14.0. The number of hydrogen-bond donors (Lipinski definition) is 0. The van der Waals surface area contributed by atoms with E-state index in [4.69, 9.17) is 9.47 Å². The fourth-order valence-electron chi connectivity index (χ4n) is 4.59. The molecule has 8 nitrogen and oxygen atoms in total. The van der Waals surface area contributed by atoms with E-state index >= 15 is 0 Å². The molecule has 37 heavy (non-hydrogen) atoms. The van der Waals surface area contributed by atoms with Crippen LogP contribution in [-0.2, 0) is 22.5 Å². The van der Waals surface area contributed by atoms with Gasteiger partial charge in [0.25, 0.3) is 0 Å². The van der Waals surface area contributed by atoms with Crippen LogP contribution in [0.4, 0.5) is 4.39 Å². The molecule has 9 heteroatoms. The largest absolute Gasteiger partial charge is 0.494 e. The van der Waals surface area contributed by atoms with Crippen molar-refractivity contribution in [1.82, 2.24) is 19.2 Å². The molecule has 2 aromatic carbocycles. The van der Waals surface area contributed by atoms with Crippen LogP contribution in [0.5, 0.6) is 5.75 Å². The smallest absolute Gasteiger partial charge is 0.351 e. The number of benzene rings is 2. The zero-order valence-corrected chi connectivity index (χ0v) is 21.9. The fourth-order valence-corrected chi connectivity index (χ4v) is 4.59. The number of halogens is 1. The van der Waals surface area contributed by atoms with Gasteiger partial charge in [0, 0.05) is 31.1 Å². The molecule has 0 amide bonds. The highest BCUT2D eigenvalue weighted by atomic mass is 19.1. The van der Waals surface area contributed by atoms with E-state index in [0.29, 0.717) is 23.7 Å². The molecule has 1 saturated heterocycles. The van der Waals surface area contributed by atoms with E-state index in [1.165, 1.54) is 34.6 Å². The van der Waals surface area contributed by atoms with Gasteiger partial charge >= 0.3 is 5.69 Å². The molecule has 1 atom stereocenters. The Morgan fingerprint density at radius 1 is 1.22 bits per heavy atom. The third kappa shape index (κ3) is 6.34. The number of ketones is 1. The molecule has 1 fully saturated rings. The second-order valence-electron chi connectivity index (χ2n) is 9.97. The third-order valence-corrected chi connectivity index (χ3v) is 6.62. The van der Waals surface area contributed by atoms with Crippen LogP contribution in [0.15, 0.2) is 47.3 Å². The van der Waals surface area contributed by atoms with Crippen molar-refractivity contribution in [2.45, 2.75) is 46.2 Å². The Kier molecular flexibility index (Phi) is 8.56. The van der Waals surface area contributed by atoms with Crippen molar-refractivity contribution in [2.24, 2.45) is 5.92 Å². The van der Waals surface area contributed by atoms with E-state index in [9.17, 15) is 14.0 Å². The molecule has 1 aliphatic rings. The van der Waals surface area contributed by atoms with Crippen LogP contribution in [0.2, 0.25) is 0 Å². The van der Waals surface area contributed by atoms with Gasteiger partial charge in [0.15, 0.2) is 23.2 Å². The molecular weight excluding hydrogens is 475 g/mol. The van der Waals surface area contributed by atoms with Crippen molar-refractivity contribution in [3.05, 3.63) is 64.3 Å². The first-order chi connectivity index (χ1) is 17.8. The van der Waals surface area contributed by atoms with Crippen LogP contribution in [0.3, 0.4) is 0 Å². The first-order valence-electron chi connectivity index (χ1n) is 12.7. The number of hydrogen-bond acceptors (Lipinski definition) is 6. The Labute approximate surface area is 216 Å². The monoisotopic (exact) mass is 510 g/mol. The van der Waals surface area contributed by atoms with Gasteiger partial charge < -0.3 is 9.47 Å². The number of rotatable bonds is 10. The van der Waals surface area contributed by atoms with Crippen LogP contribution < -0.4 is 10.4 Å². The Hall–Kier alpha value is -3.30. The summed E-state index contributed by atoms with van der Waals surface area (Å²) in [4.78, 5) is 28.5. The first-order valence-corrected chi connectivity index (χ1v) is 12.7. The summed E-state index contributed by atoms with van der Waals surface area (Å²) < 4.78 is 27.3. The maximum Gasteiger partial charge on any atom is 0.351 e. The minimum Gasteiger partial charge on any atom is -0.494 e. The molecule has 0 radical (unpaired) electrons. The van der Waals surface area contributed by atoms with Gasteiger partial charge in [0.1, 0.15) is 0 Å². The average Bonchev–Trinajstić information content (AvgIpc) is 3.19. The van der Waals surface area contributed by atoms with Gasteiger partial charge in [0.2, 0.25) is 0 Å². The summed E-state index contributed by atoms with van der Waals surface area (Å²) in [5, 5.41) is 4.56. The lowest BCUT2D eigenvalue weighted by Crippen LogP contribution is -2.44. The molecule has 4 rings (SSSR count). The number of Topliss-reactive ketones (excluding diaryl/α,β-unsaturated/α-hetero) is 1. The number of morpholine rings is 1. The summed E-state index contributed by atoms with van der Waals surface area (Å²) >= 11 is 0. The highest BCUT2D eigenvalue weighted by molar-refractivity contribution is 5.79. The Morgan fingerprint density at radius 3 is 2.65 bits per heavy atom. The van der Waals surface area contributed by atoms with E-state index in [1.54, 1.807) is 0 Å². The summed E-state index contributed by atoms with van der Waals surface area (Å²) in [6, 6.07) is 12.4. The van der Waals surface area contributed by atoms with E-state index in [2.05, 4.69) is 16.9 Å². The Bertz CT molecular complexity index is 1280. The van der Waals surface area contributed by atoms with E-state index in [-0.39, 0.29) is 29.8 Å². The number of methoxy groups -OCH3 is 1. The van der Waals surface area contributed by atoms with Crippen LogP contribution in [0.1, 0.15) is 32.8 Å². The van der Waals surface area contributed by atoms with Gasteiger partial charge in [-0.15, -0.1) is 5.10 Å². The zero-order valence-electron chi connectivity index (χ0n) is 21.9. The molecule has 0 bridgehead atoms. The molecule has 0 spiro atoms. The van der Waals surface area contributed by atoms with E-state index in [0.717, 1.165) is 38.3 Å². The summed E-state index contributed by atoms with van der Waals surface area (Å²) in [7, 11) is 1.38. The molecule has 198 valence electrons. The topological polar surface area (TPSA) is 78.6 Å². The molecule has 2 heterocycles. The van der Waals surface area contributed by atoms with Crippen LogP contribution in [-0.4, -0.2) is 64.5 Å². The lowest BCUT2D eigenvalue weighted by molar-refractivity contribution is -0.120. The van der Waals surface area contributed by atoms with Crippen molar-refractivity contribution in [3.63, 3.8) is 0 Å². The second-order valence-corrected chi connectivity index (χ2v) is 9.97. The Morgan fingerprint density at radius 2 is 1.97 bits per heavy atom.